The van der Waals surface area contributed by atoms with Gasteiger partial charge in [-0.1, -0.05) is 38.4 Å². The highest BCUT2D eigenvalue weighted by Gasteiger charge is 2.34. The van der Waals surface area contributed by atoms with Gasteiger partial charge in [0.05, 0.1) is 0 Å². The molecular formula is C13H17ClN4O2. The summed E-state index contributed by atoms with van der Waals surface area (Å²) in [6, 6.07) is 5.05. The van der Waals surface area contributed by atoms with Crippen LogP contribution in [0.3, 0.4) is 0 Å². The van der Waals surface area contributed by atoms with E-state index in [1.54, 1.807) is 18.2 Å². The van der Waals surface area contributed by atoms with Gasteiger partial charge in [-0.15, -0.1) is 0 Å². The first-order chi connectivity index (χ1) is 9.38. The van der Waals surface area contributed by atoms with E-state index in [9.17, 15) is 5.11 Å². The quantitative estimate of drug-likeness (QED) is 0.877. The van der Waals surface area contributed by atoms with Crippen molar-refractivity contribution < 1.29 is 9.84 Å². The second-order valence-electron chi connectivity index (χ2n) is 5.49. The van der Waals surface area contributed by atoms with Crippen LogP contribution in [0.1, 0.15) is 27.0 Å². The Bertz CT molecular complexity index is 554. The van der Waals surface area contributed by atoms with E-state index in [1.165, 1.54) is 17.3 Å². The zero-order valence-electron chi connectivity index (χ0n) is 11.6. The molecule has 0 radical (unpaired) electrons. The van der Waals surface area contributed by atoms with E-state index in [4.69, 9.17) is 16.3 Å². The molecule has 1 N–H and O–H groups in total. The molecule has 2 atom stereocenters. The van der Waals surface area contributed by atoms with Crippen LogP contribution in [0, 0.1) is 5.41 Å². The minimum absolute atomic E-state index is 0.321. The number of pyridine rings is 1. The van der Waals surface area contributed by atoms with E-state index in [1.807, 2.05) is 20.8 Å². The Morgan fingerprint density at radius 2 is 2.10 bits per heavy atom. The first-order valence-electron chi connectivity index (χ1n) is 6.19. The topological polar surface area (TPSA) is 73.1 Å². The summed E-state index contributed by atoms with van der Waals surface area (Å²) < 4.78 is 7.20. The van der Waals surface area contributed by atoms with Gasteiger partial charge in [-0.25, -0.2) is 14.6 Å². The van der Waals surface area contributed by atoms with Gasteiger partial charge in [0, 0.05) is 6.07 Å². The Kier molecular flexibility index (Phi) is 4.25. The number of rotatable bonds is 4. The standard InChI is InChI=1S/C13H17ClN4O2/c1-13(2,3)11(19)12(18-8-15-7-16-18)20-10-6-4-5-9(14)17-10/h4-8,11-12,19H,1-3H3. The minimum Gasteiger partial charge on any atom is -0.449 e. The Morgan fingerprint density at radius 1 is 1.35 bits per heavy atom. The van der Waals surface area contributed by atoms with E-state index >= 15 is 0 Å². The summed E-state index contributed by atoms with van der Waals surface area (Å²) in [5.41, 5.74) is -0.394. The van der Waals surface area contributed by atoms with E-state index in [0.717, 1.165) is 0 Å². The van der Waals surface area contributed by atoms with Crippen molar-refractivity contribution in [3.63, 3.8) is 0 Å². The molecule has 0 spiro atoms. The summed E-state index contributed by atoms with van der Waals surface area (Å²) in [7, 11) is 0. The molecule has 2 unspecified atom stereocenters. The fourth-order valence-corrected chi connectivity index (χ4v) is 1.77. The van der Waals surface area contributed by atoms with Gasteiger partial charge in [0.25, 0.3) is 0 Å². The van der Waals surface area contributed by atoms with Crippen molar-refractivity contribution in [2.45, 2.75) is 33.1 Å². The van der Waals surface area contributed by atoms with Crippen LogP contribution < -0.4 is 4.74 Å². The van der Waals surface area contributed by atoms with Crippen LogP contribution in [0.25, 0.3) is 0 Å². The summed E-state index contributed by atoms with van der Waals surface area (Å²) >= 11 is 5.83. The average molecular weight is 297 g/mol. The molecular weight excluding hydrogens is 280 g/mol. The first kappa shape index (κ1) is 14.7. The highest BCUT2D eigenvalue weighted by Crippen LogP contribution is 2.29. The Labute approximate surface area is 122 Å². The van der Waals surface area contributed by atoms with Crippen molar-refractivity contribution in [2.24, 2.45) is 5.41 Å². The van der Waals surface area contributed by atoms with Crippen molar-refractivity contribution in [1.29, 1.82) is 0 Å². The fourth-order valence-electron chi connectivity index (χ4n) is 1.62. The monoisotopic (exact) mass is 296 g/mol. The SMILES string of the molecule is CC(C)(C)C(O)C(Oc1cccc(Cl)n1)n1cncn1. The van der Waals surface area contributed by atoms with Crippen molar-refractivity contribution >= 4 is 11.6 Å². The van der Waals surface area contributed by atoms with Gasteiger partial charge in [-0.05, 0) is 11.5 Å². The molecule has 0 amide bonds. The van der Waals surface area contributed by atoms with Gasteiger partial charge in [0.15, 0.2) is 0 Å². The molecule has 0 aliphatic rings. The molecule has 7 heteroatoms. The van der Waals surface area contributed by atoms with E-state index < -0.39 is 17.7 Å². The molecule has 6 nitrogen and oxygen atoms in total. The second kappa shape index (κ2) is 5.76. The predicted octanol–water partition coefficient (Wildman–Crippen LogP) is 2.31. The van der Waals surface area contributed by atoms with Gasteiger partial charge in [0.1, 0.15) is 23.9 Å². The highest BCUT2D eigenvalue weighted by molar-refractivity contribution is 6.29. The molecule has 0 bridgehead atoms. The molecule has 2 aromatic rings. The van der Waals surface area contributed by atoms with E-state index in [0.29, 0.717) is 11.0 Å². The molecule has 2 rings (SSSR count). The molecule has 0 saturated heterocycles. The molecule has 0 saturated carbocycles. The second-order valence-corrected chi connectivity index (χ2v) is 5.88. The average Bonchev–Trinajstić information content (AvgIpc) is 2.87. The molecule has 108 valence electrons. The lowest BCUT2D eigenvalue weighted by molar-refractivity contribution is -0.0748. The smallest absolute Gasteiger partial charge is 0.221 e. The largest absolute Gasteiger partial charge is 0.449 e. The van der Waals surface area contributed by atoms with Crippen LogP contribution in [-0.4, -0.2) is 31.0 Å². The zero-order chi connectivity index (χ0) is 14.8. The number of aliphatic hydroxyl groups is 1. The maximum atomic E-state index is 10.5. The van der Waals surface area contributed by atoms with Gasteiger partial charge in [-0.3, -0.25) is 0 Å². The Morgan fingerprint density at radius 3 is 2.65 bits per heavy atom. The number of halogens is 1. The fraction of sp³-hybridized carbons (Fsp3) is 0.462. The van der Waals surface area contributed by atoms with Crippen LogP contribution in [0.2, 0.25) is 5.15 Å². The van der Waals surface area contributed by atoms with Crippen LogP contribution in [0.15, 0.2) is 30.9 Å². The third-order valence-corrected chi connectivity index (χ3v) is 3.00. The lowest BCUT2D eigenvalue weighted by Crippen LogP contribution is -2.39. The molecule has 0 aliphatic carbocycles. The number of hydrogen-bond donors (Lipinski definition) is 1. The summed E-state index contributed by atoms with van der Waals surface area (Å²) in [6.45, 7) is 5.74. The molecule has 0 fully saturated rings. The van der Waals surface area contributed by atoms with E-state index in [2.05, 4.69) is 15.1 Å². The molecule has 2 heterocycles. The van der Waals surface area contributed by atoms with Crippen LogP contribution in [0.5, 0.6) is 5.88 Å². The lowest BCUT2D eigenvalue weighted by atomic mass is 9.88. The van der Waals surface area contributed by atoms with Gasteiger partial charge in [0.2, 0.25) is 12.1 Å². The van der Waals surface area contributed by atoms with Gasteiger partial charge < -0.3 is 9.84 Å². The highest BCUT2D eigenvalue weighted by atomic mass is 35.5. The van der Waals surface area contributed by atoms with Crippen LogP contribution in [0.4, 0.5) is 0 Å². The van der Waals surface area contributed by atoms with Crippen molar-refractivity contribution in [1.82, 2.24) is 19.7 Å². The Hall–Kier alpha value is -1.66. The van der Waals surface area contributed by atoms with Gasteiger partial charge in [-0.2, -0.15) is 5.10 Å². The lowest BCUT2D eigenvalue weighted by Gasteiger charge is -2.32. The van der Waals surface area contributed by atoms with Crippen molar-refractivity contribution in [3.05, 3.63) is 36.0 Å². The zero-order valence-corrected chi connectivity index (χ0v) is 12.3. The third-order valence-electron chi connectivity index (χ3n) is 2.79. The number of nitrogens with zero attached hydrogens (tertiary/aromatic N) is 4. The van der Waals surface area contributed by atoms with Crippen LogP contribution in [-0.2, 0) is 0 Å². The van der Waals surface area contributed by atoms with Gasteiger partial charge >= 0.3 is 0 Å². The predicted molar refractivity (Wildman–Crippen MR) is 74.4 cm³/mol. The molecule has 0 aromatic carbocycles. The summed E-state index contributed by atoms with van der Waals surface area (Å²) in [6.07, 6.45) is 1.34. The Balaban J connectivity index is 2.28. The minimum atomic E-state index is -0.801. The number of ether oxygens (including phenoxy) is 1. The summed E-state index contributed by atoms with van der Waals surface area (Å²) in [5.74, 6) is 0.321. The third kappa shape index (κ3) is 3.46. The number of hydrogen-bond acceptors (Lipinski definition) is 5. The summed E-state index contributed by atoms with van der Waals surface area (Å²) in [5, 5.41) is 14.8. The van der Waals surface area contributed by atoms with Crippen LogP contribution >= 0.6 is 11.6 Å². The molecule has 0 aliphatic heterocycles. The normalized spacial score (nSPS) is 14.8. The maximum Gasteiger partial charge on any atom is 0.221 e. The maximum absolute atomic E-state index is 10.5. The first-order valence-corrected chi connectivity index (χ1v) is 6.57. The molecule has 20 heavy (non-hydrogen) atoms. The summed E-state index contributed by atoms with van der Waals surface area (Å²) in [4.78, 5) is 7.94. The van der Waals surface area contributed by atoms with Crippen molar-refractivity contribution in [2.75, 3.05) is 0 Å². The number of aromatic nitrogens is 4. The van der Waals surface area contributed by atoms with Crippen molar-refractivity contribution in [3.8, 4) is 5.88 Å². The van der Waals surface area contributed by atoms with E-state index in [-0.39, 0.29) is 0 Å². The molecule has 2 aromatic heterocycles. The number of aliphatic hydroxyl groups excluding tert-OH is 1.